The number of carbonyl (C=O) groups is 1. The van der Waals surface area contributed by atoms with Crippen LogP contribution in [0.5, 0.6) is 17.2 Å². The van der Waals surface area contributed by atoms with Crippen LogP contribution in [0.1, 0.15) is 27.9 Å². The Kier molecular flexibility index (Phi) is 6.48. The Balaban J connectivity index is 1.42. The molecule has 4 aromatic rings. The van der Waals surface area contributed by atoms with Crippen molar-refractivity contribution in [3.8, 4) is 28.8 Å². The van der Waals surface area contributed by atoms with Gasteiger partial charge in [-0.3, -0.25) is 4.79 Å². The lowest BCUT2D eigenvalue weighted by molar-refractivity contribution is -0.126. The molecule has 0 atom stereocenters. The highest BCUT2D eigenvalue weighted by Crippen LogP contribution is 2.38. The van der Waals surface area contributed by atoms with Gasteiger partial charge in [0.15, 0.2) is 11.5 Å². The van der Waals surface area contributed by atoms with Crippen LogP contribution >= 0.6 is 0 Å². The van der Waals surface area contributed by atoms with Gasteiger partial charge in [0.1, 0.15) is 5.82 Å². The van der Waals surface area contributed by atoms with Gasteiger partial charge in [-0.2, -0.15) is 5.10 Å². The van der Waals surface area contributed by atoms with E-state index in [9.17, 15) is 4.79 Å². The predicted octanol–water partition coefficient (Wildman–Crippen LogP) is 4.86. The van der Waals surface area contributed by atoms with Crippen LogP contribution in [-0.2, 0) is 17.9 Å². The summed E-state index contributed by atoms with van der Waals surface area (Å²) in [5.41, 5.74) is 6.16. The Hall–Kier alpha value is -4.46. The quantitative estimate of drug-likeness (QED) is 0.340. The third kappa shape index (κ3) is 4.46. The smallest absolute Gasteiger partial charge is 0.247 e. The molecule has 0 saturated carbocycles. The number of aryl methyl sites for hydroxylation is 2. The molecule has 0 aliphatic carbocycles. The molecule has 0 unspecified atom stereocenters. The Labute approximate surface area is 216 Å². The zero-order chi connectivity index (χ0) is 26.1. The lowest BCUT2D eigenvalue weighted by Crippen LogP contribution is -2.24. The third-order valence-corrected chi connectivity index (χ3v) is 6.73. The van der Waals surface area contributed by atoms with Crippen molar-refractivity contribution in [3.05, 3.63) is 88.9 Å². The second-order valence-corrected chi connectivity index (χ2v) is 9.01. The summed E-state index contributed by atoms with van der Waals surface area (Å²) in [5, 5.41) is 4.93. The van der Waals surface area contributed by atoms with Crippen molar-refractivity contribution in [1.29, 1.82) is 0 Å². The Morgan fingerprint density at radius 3 is 2.24 bits per heavy atom. The predicted molar refractivity (Wildman–Crippen MR) is 142 cm³/mol. The van der Waals surface area contributed by atoms with Crippen molar-refractivity contribution in [1.82, 2.24) is 19.2 Å². The molecule has 0 spiro atoms. The Morgan fingerprint density at radius 2 is 1.62 bits per heavy atom. The van der Waals surface area contributed by atoms with E-state index in [1.807, 2.05) is 41.3 Å². The molecule has 0 N–H and O–H groups in total. The summed E-state index contributed by atoms with van der Waals surface area (Å²) in [7, 11) is 4.69. The molecule has 0 bridgehead atoms. The van der Waals surface area contributed by atoms with Gasteiger partial charge in [0.05, 0.1) is 45.8 Å². The number of rotatable bonds is 7. The fraction of sp³-hybridized carbons (Fsp3) is 0.241. The number of nitrogens with zero attached hydrogens (tertiary/aromatic N) is 4. The van der Waals surface area contributed by atoms with E-state index in [4.69, 9.17) is 19.3 Å². The van der Waals surface area contributed by atoms with Crippen molar-refractivity contribution < 1.29 is 19.0 Å². The highest BCUT2D eigenvalue weighted by molar-refractivity contribution is 5.92. The molecular weight excluding hydrogens is 468 g/mol. The minimum Gasteiger partial charge on any atom is -0.493 e. The van der Waals surface area contributed by atoms with E-state index in [0.717, 1.165) is 28.3 Å². The second kappa shape index (κ2) is 9.89. The summed E-state index contributed by atoms with van der Waals surface area (Å²) >= 11 is 0. The van der Waals surface area contributed by atoms with E-state index in [-0.39, 0.29) is 5.91 Å². The molecule has 2 aromatic heterocycles. The second-order valence-electron chi connectivity index (χ2n) is 9.01. The minimum atomic E-state index is -0.0945. The molecule has 1 amide bonds. The lowest BCUT2D eigenvalue weighted by Gasteiger charge is -2.16. The van der Waals surface area contributed by atoms with E-state index in [0.29, 0.717) is 30.3 Å². The topological polar surface area (TPSA) is 70.8 Å². The SMILES string of the molecule is COc1cc(/C=C/C(=O)N2Cc3nn(-c4ccc(C)c(C)c4)c(-n4cccc4)c3C2)cc(OC)c1OC. The number of hydrogen-bond donors (Lipinski definition) is 0. The molecule has 3 heterocycles. The molecule has 37 heavy (non-hydrogen) atoms. The van der Waals surface area contributed by atoms with E-state index < -0.39 is 0 Å². The number of hydrogen-bond acceptors (Lipinski definition) is 5. The average Bonchev–Trinajstić information content (AvgIpc) is 3.64. The first-order chi connectivity index (χ1) is 17.9. The summed E-state index contributed by atoms with van der Waals surface area (Å²) in [6.45, 7) is 5.13. The van der Waals surface area contributed by atoms with Gasteiger partial charge in [-0.05, 0) is 73.0 Å². The molecule has 190 valence electrons. The first-order valence-electron chi connectivity index (χ1n) is 12.0. The standard InChI is InChI=1S/C29H30N4O4/c1-19-8-10-22(14-20(19)2)33-29(31-12-6-7-13-31)23-17-32(18-24(23)30-33)27(34)11-9-21-15-25(35-3)28(37-5)26(16-21)36-4/h6-16H,17-18H2,1-5H3/b11-9+. The van der Waals surface area contributed by atoms with Crippen LogP contribution in [0.2, 0.25) is 0 Å². The van der Waals surface area contributed by atoms with Crippen molar-refractivity contribution >= 4 is 12.0 Å². The average molecular weight is 499 g/mol. The summed E-state index contributed by atoms with van der Waals surface area (Å²) in [6.07, 6.45) is 7.33. The van der Waals surface area contributed by atoms with Crippen molar-refractivity contribution in [2.45, 2.75) is 26.9 Å². The first kappa shape index (κ1) is 24.2. The Morgan fingerprint density at radius 1 is 0.919 bits per heavy atom. The van der Waals surface area contributed by atoms with E-state index in [2.05, 4.69) is 36.6 Å². The highest BCUT2D eigenvalue weighted by atomic mass is 16.5. The molecule has 0 fully saturated rings. The van der Waals surface area contributed by atoms with Crippen LogP contribution in [-0.4, -0.2) is 46.5 Å². The van der Waals surface area contributed by atoms with Gasteiger partial charge in [0.2, 0.25) is 11.7 Å². The van der Waals surface area contributed by atoms with E-state index in [1.54, 1.807) is 38.4 Å². The maximum absolute atomic E-state index is 13.2. The summed E-state index contributed by atoms with van der Waals surface area (Å²) < 4.78 is 20.3. The molecular formula is C29H30N4O4. The number of fused-ring (bicyclic) bond motifs is 1. The van der Waals surface area contributed by atoms with Gasteiger partial charge in [0.25, 0.3) is 0 Å². The highest BCUT2D eigenvalue weighted by Gasteiger charge is 2.30. The molecule has 5 rings (SSSR count). The van der Waals surface area contributed by atoms with Gasteiger partial charge in [0, 0.05) is 24.0 Å². The molecule has 0 radical (unpaired) electrons. The van der Waals surface area contributed by atoms with Crippen LogP contribution in [0.4, 0.5) is 0 Å². The molecule has 1 aliphatic heterocycles. The lowest BCUT2D eigenvalue weighted by atomic mass is 10.1. The van der Waals surface area contributed by atoms with Crippen LogP contribution in [0.25, 0.3) is 17.6 Å². The summed E-state index contributed by atoms with van der Waals surface area (Å²) in [4.78, 5) is 15.0. The number of amides is 1. The van der Waals surface area contributed by atoms with Gasteiger partial charge < -0.3 is 23.7 Å². The zero-order valence-electron chi connectivity index (χ0n) is 21.7. The van der Waals surface area contributed by atoms with E-state index >= 15 is 0 Å². The normalized spacial score (nSPS) is 12.7. The molecule has 1 aliphatic rings. The number of aromatic nitrogens is 3. The summed E-state index contributed by atoms with van der Waals surface area (Å²) in [6, 6.07) is 13.9. The zero-order valence-corrected chi connectivity index (χ0v) is 21.7. The number of ether oxygens (including phenoxy) is 3. The fourth-order valence-electron chi connectivity index (χ4n) is 4.61. The number of carbonyl (C=O) groups excluding carboxylic acids is 1. The fourth-order valence-corrected chi connectivity index (χ4v) is 4.61. The largest absolute Gasteiger partial charge is 0.493 e. The van der Waals surface area contributed by atoms with E-state index in [1.165, 1.54) is 11.1 Å². The molecule has 2 aromatic carbocycles. The van der Waals surface area contributed by atoms with Gasteiger partial charge in [-0.15, -0.1) is 0 Å². The maximum Gasteiger partial charge on any atom is 0.247 e. The number of benzene rings is 2. The first-order valence-corrected chi connectivity index (χ1v) is 12.0. The monoisotopic (exact) mass is 498 g/mol. The minimum absolute atomic E-state index is 0.0945. The van der Waals surface area contributed by atoms with Crippen molar-refractivity contribution in [3.63, 3.8) is 0 Å². The van der Waals surface area contributed by atoms with Crippen LogP contribution in [0, 0.1) is 13.8 Å². The Bertz CT molecular complexity index is 1460. The maximum atomic E-state index is 13.2. The third-order valence-electron chi connectivity index (χ3n) is 6.73. The van der Waals surface area contributed by atoms with Crippen LogP contribution in [0.3, 0.4) is 0 Å². The van der Waals surface area contributed by atoms with Gasteiger partial charge >= 0.3 is 0 Å². The molecule has 8 heteroatoms. The summed E-state index contributed by atoms with van der Waals surface area (Å²) in [5.74, 6) is 2.44. The number of methoxy groups -OCH3 is 3. The molecule has 8 nitrogen and oxygen atoms in total. The van der Waals surface area contributed by atoms with Crippen LogP contribution < -0.4 is 14.2 Å². The van der Waals surface area contributed by atoms with Crippen molar-refractivity contribution in [2.24, 2.45) is 0 Å². The van der Waals surface area contributed by atoms with Gasteiger partial charge in [-0.1, -0.05) is 6.07 Å². The van der Waals surface area contributed by atoms with Crippen molar-refractivity contribution in [2.75, 3.05) is 21.3 Å². The van der Waals surface area contributed by atoms with Crippen LogP contribution in [0.15, 0.2) is 60.9 Å². The van der Waals surface area contributed by atoms with Gasteiger partial charge in [-0.25, -0.2) is 4.68 Å². The molecule has 0 saturated heterocycles.